The fourth-order valence-corrected chi connectivity index (χ4v) is 2.00. The molecule has 1 heterocycles. The first-order valence-corrected chi connectivity index (χ1v) is 5.17. The van der Waals surface area contributed by atoms with Gasteiger partial charge in [-0.2, -0.15) is 0 Å². The lowest BCUT2D eigenvalue weighted by Gasteiger charge is -2.21. The zero-order valence-electron chi connectivity index (χ0n) is 9.06. The highest BCUT2D eigenvalue weighted by atomic mass is 16.3. The maximum Gasteiger partial charge on any atom is 0.318 e. The monoisotopic (exact) mass is 219 g/mol. The first-order chi connectivity index (χ1) is 7.74. The molecule has 84 valence electrons. The van der Waals surface area contributed by atoms with Gasteiger partial charge in [-0.05, 0) is 18.6 Å². The molecule has 1 saturated heterocycles. The van der Waals surface area contributed by atoms with Crippen molar-refractivity contribution in [2.45, 2.75) is 6.92 Å². The minimum Gasteiger partial charge on any atom is -0.357 e. The Bertz CT molecular complexity index is 425. The minimum atomic E-state index is -0.703. The van der Waals surface area contributed by atoms with Gasteiger partial charge < -0.3 is 4.90 Å². The minimum absolute atomic E-state index is 0.388. The Morgan fingerprint density at radius 3 is 2.94 bits per heavy atom. The maximum atomic E-state index is 11.4. The maximum absolute atomic E-state index is 11.4. The van der Waals surface area contributed by atoms with Crippen molar-refractivity contribution in [3.05, 3.63) is 34.2 Å². The molecule has 1 aliphatic rings. The van der Waals surface area contributed by atoms with Crippen LogP contribution in [0.3, 0.4) is 0 Å². The predicted octanol–water partition coefficient (Wildman–Crippen LogP) is 1.27. The first kappa shape index (κ1) is 10.8. The van der Waals surface area contributed by atoms with Crippen molar-refractivity contribution in [3.8, 4) is 0 Å². The molecular formula is C11H13N3O2. The van der Waals surface area contributed by atoms with E-state index in [9.17, 15) is 9.70 Å². The van der Waals surface area contributed by atoms with Crippen LogP contribution in [0.1, 0.15) is 15.9 Å². The number of benzene rings is 1. The van der Waals surface area contributed by atoms with Crippen LogP contribution in [-0.4, -0.2) is 25.7 Å². The molecule has 0 spiro atoms. The lowest BCUT2D eigenvalue weighted by Crippen LogP contribution is -2.24. The molecule has 1 amide bonds. The quantitative estimate of drug-likeness (QED) is 0.761. The Morgan fingerprint density at radius 1 is 1.50 bits per heavy atom. The highest BCUT2D eigenvalue weighted by molar-refractivity contribution is 6.01. The zero-order chi connectivity index (χ0) is 11.5. The van der Waals surface area contributed by atoms with E-state index in [0.717, 1.165) is 24.3 Å². The third kappa shape index (κ3) is 1.81. The summed E-state index contributed by atoms with van der Waals surface area (Å²) in [6.45, 7) is 4.35. The molecule has 16 heavy (non-hydrogen) atoms. The lowest BCUT2D eigenvalue weighted by atomic mass is 10.1. The van der Waals surface area contributed by atoms with E-state index in [-0.39, 0.29) is 0 Å². The van der Waals surface area contributed by atoms with Crippen LogP contribution in [0.15, 0.2) is 23.4 Å². The van der Waals surface area contributed by atoms with E-state index in [1.54, 1.807) is 12.1 Å². The smallest absolute Gasteiger partial charge is 0.318 e. The molecule has 1 fully saturated rings. The Labute approximate surface area is 93.4 Å². The number of hydrogen-bond acceptors (Lipinski definition) is 4. The molecule has 0 unspecified atom stereocenters. The normalized spacial score (nSPS) is 15.2. The highest BCUT2D eigenvalue weighted by Crippen LogP contribution is 2.26. The molecule has 0 atom stereocenters. The number of para-hydroxylation sites is 1. The molecule has 2 rings (SSSR count). The van der Waals surface area contributed by atoms with E-state index < -0.39 is 5.91 Å². The van der Waals surface area contributed by atoms with Gasteiger partial charge >= 0.3 is 5.91 Å². The summed E-state index contributed by atoms with van der Waals surface area (Å²) >= 11 is 0. The number of nitrogens with one attached hydrogen (secondary N) is 1. The molecule has 0 saturated carbocycles. The average Bonchev–Trinajstić information content (AvgIpc) is 2.81. The molecule has 0 aliphatic carbocycles. The van der Waals surface area contributed by atoms with Crippen molar-refractivity contribution in [3.63, 3.8) is 0 Å². The van der Waals surface area contributed by atoms with Crippen molar-refractivity contribution in [2.75, 3.05) is 24.7 Å². The second-order valence-electron chi connectivity index (χ2n) is 3.79. The average molecular weight is 219 g/mol. The first-order valence-electron chi connectivity index (χ1n) is 5.17. The summed E-state index contributed by atoms with van der Waals surface area (Å²) in [5, 5.41) is 5.68. The van der Waals surface area contributed by atoms with Gasteiger partial charge in [-0.15, -0.1) is 4.91 Å². The van der Waals surface area contributed by atoms with Gasteiger partial charge in [0, 0.05) is 18.3 Å². The summed E-state index contributed by atoms with van der Waals surface area (Å²) in [5.74, 6) is -0.703. The van der Waals surface area contributed by atoms with Crippen molar-refractivity contribution in [1.82, 2.24) is 5.32 Å². The molecule has 5 heteroatoms. The fraction of sp³-hybridized carbons (Fsp3) is 0.364. The van der Waals surface area contributed by atoms with E-state index in [0.29, 0.717) is 12.2 Å². The van der Waals surface area contributed by atoms with Gasteiger partial charge in [0.15, 0.2) is 0 Å². The molecule has 1 N–H and O–H groups in total. The summed E-state index contributed by atoms with van der Waals surface area (Å²) in [7, 11) is 0. The van der Waals surface area contributed by atoms with Crippen molar-refractivity contribution < 1.29 is 4.79 Å². The number of aryl methyl sites for hydroxylation is 1. The van der Waals surface area contributed by atoms with Gasteiger partial charge in [-0.1, -0.05) is 12.1 Å². The van der Waals surface area contributed by atoms with Gasteiger partial charge in [0.05, 0.1) is 17.9 Å². The van der Waals surface area contributed by atoms with E-state index in [4.69, 9.17) is 0 Å². The number of amides is 1. The van der Waals surface area contributed by atoms with Crippen molar-refractivity contribution in [1.29, 1.82) is 0 Å². The van der Waals surface area contributed by atoms with Crippen LogP contribution in [0.25, 0.3) is 0 Å². The van der Waals surface area contributed by atoms with Gasteiger partial charge in [-0.25, -0.2) is 0 Å². The number of carbonyl (C=O) groups is 1. The largest absolute Gasteiger partial charge is 0.357 e. The summed E-state index contributed by atoms with van der Waals surface area (Å²) in [6, 6.07) is 5.33. The van der Waals surface area contributed by atoms with Crippen LogP contribution >= 0.6 is 0 Å². The Hall–Kier alpha value is -1.75. The second-order valence-corrected chi connectivity index (χ2v) is 3.79. The van der Waals surface area contributed by atoms with E-state index in [1.165, 1.54) is 0 Å². The summed E-state index contributed by atoms with van der Waals surface area (Å²) < 4.78 is 0. The lowest BCUT2D eigenvalue weighted by molar-refractivity contribution is 0.100. The van der Waals surface area contributed by atoms with Gasteiger partial charge in [-0.3, -0.25) is 10.1 Å². The Morgan fingerprint density at radius 2 is 2.31 bits per heavy atom. The number of nitroso groups, excluding NO2 is 1. The van der Waals surface area contributed by atoms with Crippen LogP contribution in [0.4, 0.5) is 5.69 Å². The molecule has 0 aromatic heterocycles. The standard InChI is InChI=1S/C11H13N3O2/c1-8-3-2-4-9(11(15)13-16)10(8)14-6-5-12-7-14/h2-4,12H,5-7H2,1H3. The number of carbonyl (C=O) groups excluding carboxylic acids is 1. The third-order valence-electron chi connectivity index (χ3n) is 2.73. The summed E-state index contributed by atoms with van der Waals surface area (Å²) in [6.07, 6.45) is 0. The summed E-state index contributed by atoms with van der Waals surface area (Å²) in [5.41, 5.74) is 2.19. The van der Waals surface area contributed by atoms with E-state index >= 15 is 0 Å². The number of hydrogen-bond donors (Lipinski definition) is 1. The molecule has 5 nitrogen and oxygen atoms in total. The van der Waals surface area contributed by atoms with Crippen molar-refractivity contribution in [2.24, 2.45) is 5.18 Å². The van der Waals surface area contributed by atoms with E-state index in [1.807, 2.05) is 17.9 Å². The second kappa shape index (κ2) is 4.40. The molecule has 1 aromatic carbocycles. The zero-order valence-corrected chi connectivity index (χ0v) is 9.06. The summed E-state index contributed by atoms with van der Waals surface area (Å²) in [4.78, 5) is 23.8. The van der Waals surface area contributed by atoms with Crippen molar-refractivity contribution >= 4 is 11.6 Å². The van der Waals surface area contributed by atoms with Crippen LogP contribution in [0.5, 0.6) is 0 Å². The van der Waals surface area contributed by atoms with Gasteiger partial charge in [0.25, 0.3) is 0 Å². The molecule has 1 aromatic rings. The number of anilines is 1. The molecule has 1 aliphatic heterocycles. The van der Waals surface area contributed by atoms with Gasteiger partial charge in [0.1, 0.15) is 0 Å². The van der Waals surface area contributed by atoms with Crippen LogP contribution in [0.2, 0.25) is 0 Å². The predicted molar refractivity (Wildman–Crippen MR) is 61.5 cm³/mol. The van der Waals surface area contributed by atoms with Crippen LogP contribution in [0, 0.1) is 11.8 Å². The fourth-order valence-electron chi connectivity index (χ4n) is 2.00. The molecular weight excluding hydrogens is 206 g/mol. The topological polar surface area (TPSA) is 61.8 Å². The SMILES string of the molecule is Cc1cccc(C(=O)N=O)c1N1CCNC1. The Balaban J connectivity index is 2.47. The van der Waals surface area contributed by atoms with Crippen LogP contribution in [-0.2, 0) is 0 Å². The molecule has 0 radical (unpaired) electrons. The van der Waals surface area contributed by atoms with Crippen LogP contribution < -0.4 is 10.2 Å². The van der Waals surface area contributed by atoms with E-state index in [2.05, 4.69) is 10.5 Å². The number of nitrogens with zero attached hydrogens (tertiary/aromatic N) is 2. The third-order valence-corrected chi connectivity index (χ3v) is 2.73. The number of rotatable bonds is 2. The highest BCUT2D eigenvalue weighted by Gasteiger charge is 2.21. The molecule has 0 bridgehead atoms. The van der Waals surface area contributed by atoms with Gasteiger partial charge in [0.2, 0.25) is 0 Å². The Kier molecular flexibility index (Phi) is 2.96.